The van der Waals surface area contributed by atoms with E-state index in [1.807, 2.05) is 6.92 Å². The van der Waals surface area contributed by atoms with Crippen LogP contribution in [0.5, 0.6) is 0 Å². The van der Waals surface area contributed by atoms with Crippen molar-refractivity contribution in [1.82, 2.24) is 15.5 Å². The molecule has 19 heavy (non-hydrogen) atoms. The number of carbonyl (C=O) groups excluding carboxylic acids is 1. The Hall–Kier alpha value is -1.08. The number of hydrogen-bond acceptors (Lipinski definition) is 4. The summed E-state index contributed by atoms with van der Waals surface area (Å²) in [5.74, 6) is -0.642. The first-order valence-corrected chi connectivity index (χ1v) is 8.30. The molecule has 2 N–H and O–H groups in total. The van der Waals surface area contributed by atoms with Crippen molar-refractivity contribution >= 4 is 25.6 Å². The van der Waals surface area contributed by atoms with Crippen molar-refractivity contribution in [3.8, 4) is 0 Å². The Kier molecular flexibility index (Phi) is 3.38. The van der Waals surface area contributed by atoms with E-state index in [9.17, 15) is 13.2 Å². The van der Waals surface area contributed by atoms with Crippen LogP contribution in [0.1, 0.15) is 55.7 Å². The maximum atomic E-state index is 12.1. The van der Waals surface area contributed by atoms with Crippen LogP contribution < -0.4 is 5.32 Å². The first kappa shape index (κ1) is 14.3. The number of nitrogens with one attached hydrogen (secondary N) is 2. The smallest absolute Gasteiger partial charge is 0.273 e. The molecule has 0 aromatic carbocycles. The van der Waals surface area contributed by atoms with Crippen LogP contribution >= 0.6 is 10.7 Å². The highest BCUT2D eigenvalue weighted by Gasteiger charge is 2.40. The largest absolute Gasteiger partial charge is 0.345 e. The van der Waals surface area contributed by atoms with Crippen LogP contribution in [0.25, 0.3) is 0 Å². The Morgan fingerprint density at radius 2 is 2.05 bits per heavy atom. The average molecular weight is 306 g/mol. The zero-order chi connectivity index (χ0) is 14.4. The van der Waals surface area contributed by atoms with E-state index in [2.05, 4.69) is 15.5 Å². The zero-order valence-corrected chi connectivity index (χ0v) is 12.5. The molecule has 1 heterocycles. The quantitative estimate of drug-likeness (QED) is 0.829. The van der Waals surface area contributed by atoms with Gasteiger partial charge in [0.1, 0.15) is 4.90 Å². The lowest BCUT2D eigenvalue weighted by atomic mass is 10.1. The summed E-state index contributed by atoms with van der Waals surface area (Å²) in [6, 6.07) is 0. The second kappa shape index (κ2) is 4.49. The van der Waals surface area contributed by atoms with E-state index in [0.29, 0.717) is 5.69 Å². The molecule has 1 saturated carbocycles. The summed E-state index contributed by atoms with van der Waals surface area (Å²) >= 11 is 0. The number of hydrogen-bond donors (Lipinski definition) is 2. The van der Waals surface area contributed by atoms with Crippen molar-refractivity contribution in [3.63, 3.8) is 0 Å². The number of amides is 1. The van der Waals surface area contributed by atoms with Gasteiger partial charge in [0.15, 0.2) is 5.69 Å². The van der Waals surface area contributed by atoms with Crippen molar-refractivity contribution in [2.24, 2.45) is 0 Å². The van der Waals surface area contributed by atoms with E-state index < -0.39 is 15.0 Å². The maximum Gasteiger partial charge on any atom is 0.273 e. The van der Waals surface area contributed by atoms with E-state index in [0.717, 1.165) is 12.8 Å². The number of aromatic nitrogens is 2. The molecule has 1 aliphatic carbocycles. The van der Waals surface area contributed by atoms with Gasteiger partial charge in [-0.3, -0.25) is 9.89 Å². The molecule has 106 valence electrons. The summed E-state index contributed by atoms with van der Waals surface area (Å²) in [6.45, 7) is 5.49. The van der Waals surface area contributed by atoms with E-state index in [1.165, 1.54) is 0 Å². The van der Waals surface area contributed by atoms with E-state index in [-0.39, 0.29) is 22.0 Å². The highest BCUT2D eigenvalue weighted by Crippen LogP contribution is 2.35. The normalized spacial score (nSPS) is 17.5. The minimum atomic E-state index is -4.03. The van der Waals surface area contributed by atoms with Gasteiger partial charge < -0.3 is 5.32 Å². The highest BCUT2D eigenvalue weighted by atomic mass is 35.7. The van der Waals surface area contributed by atoms with Gasteiger partial charge in [0, 0.05) is 16.2 Å². The number of halogens is 1. The van der Waals surface area contributed by atoms with Crippen LogP contribution in [-0.2, 0) is 9.05 Å². The standard InChI is InChI=1S/C11H16ClN3O3S/c1-6(2)7-9(19(12,17)18)8(15-14-7)10(16)13-11(3)4-5-11/h6H,4-5H2,1-3H3,(H,13,16)(H,14,15). The third-order valence-corrected chi connectivity index (χ3v) is 4.56. The van der Waals surface area contributed by atoms with Crippen LogP contribution in [0.3, 0.4) is 0 Å². The molecule has 8 heteroatoms. The van der Waals surface area contributed by atoms with Gasteiger partial charge in [0.05, 0.1) is 5.69 Å². The topological polar surface area (TPSA) is 91.9 Å². The predicted octanol–water partition coefficient (Wildman–Crippen LogP) is 1.74. The summed E-state index contributed by atoms with van der Waals surface area (Å²) < 4.78 is 23.3. The summed E-state index contributed by atoms with van der Waals surface area (Å²) in [7, 11) is 1.39. The summed E-state index contributed by atoms with van der Waals surface area (Å²) in [4.78, 5) is 11.9. The zero-order valence-electron chi connectivity index (χ0n) is 10.9. The van der Waals surface area contributed by atoms with Crippen LogP contribution in [0.15, 0.2) is 4.90 Å². The molecule has 0 bridgehead atoms. The van der Waals surface area contributed by atoms with Crippen molar-refractivity contribution < 1.29 is 13.2 Å². The highest BCUT2D eigenvalue weighted by molar-refractivity contribution is 8.13. The van der Waals surface area contributed by atoms with Crippen molar-refractivity contribution in [2.75, 3.05) is 0 Å². The molecule has 1 aromatic rings. The van der Waals surface area contributed by atoms with Gasteiger partial charge in [-0.25, -0.2) is 8.42 Å². The Labute approximate surface area is 116 Å². The average Bonchev–Trinajstić information content (AvgIpc) is 2.81. The van der Waals surface area contributed by atoms with Crippen molar-refractivity contribution in [1.29, 1.82) is 0 Å². The van der Waals surface area contributed by atoms with Crippen molar-refractivity contribution in [3.05, 3.63) is 11.4 Å². The number of H-pyrrole nitrogens is 1. The second-order valence-electron chi connectivity index (χ2n) is 5.42. The third-order valence-electron chi connectivity index (χ3n) is 3.20. The van der Waals surface area contributed by atoms with Crippen LogP contribution in [0.2, 0.25) is 0 Å². The number of aromatic amines is 1. The van der Waals surface area contributed by atoms with Gasteiger partial charge in [0.25, 0.3) is 15.0 Å². The molecule has 0 radical (unpaired) electrons. The van der Waals surface area contributed by atoms with Crippen LogP contribution in [-0.4, -0.2) is 30.1 Å². The molecule has 1 aliphatic rings. The lowest BCUT2D eigenvalue weighted by molar-refractivity contribution is 0.0927. The number of carbonyl (C=O) groups is 1. The molecular weight excluding hydrogens is 290 g/mol. The van der Waals surface area contributed by atoms with E-state index in [1.54, 1.807) is 13.8 Å². The minimum absolute atomic E-state index is 0.130. The molecule has 6 nitrogen and oxygen atoms in total. The van der Waals surface area contributed by atoms with Gasteiger partial charge >= 0.3 is 0 Å². The minimum Gasteiger partial charge on any atom is -0.345 e. The van der Waals surface area contributed by atoms with Crippen molar-refractivity contribution in [2.45, 2.75) is 50.0 Å². The molecular formula is C11H16ClN3O3S. The summed E-state index contributed by atoms with van der Waals surface area (Å²) in [6.07, 6.45) is 1.76. The van der Waals surface area contributed by atoms with Gasteiger partial charge in [-0.2, -0.15) is 5.10 Å². The molecule has 0 aliphatic heterocycles. The fourth-order valence-electron chi connectivity index (χ4n) is 1.78. The number of nitrogens with zero attached hydrogens (tertiary/aromatic N) is 1. The van der Waals surface area contributed by atoms with Gasteiger partial charge in [-0.05, 0) is 25.7 Å². The van der Waals surface area contributed by atoms with Crippen LogP contribution in [0, 0.1) is 0 Å². The van der Waals surface area contributed by atoms with Gasteiger partial charge in [-0.15, -0.1) is 0 Å². The molecule has 0 saturated heterocycles. The van der Waals surface area contributed by atoms with Crippen LogP contribution in [0.4, 0.5) is 0 Å². The first-order valence-electron chi connectivity index (χ1n) is 5.99. The lowest BCUT2D eigenvalue weighted by Gasteiger charge is -2.10. The van der Waals surface area contributed by atoms with Gasteiger partial charge in [0.2, 0.25) is 0 Å². The molecule has 1 aromatic heterocycles. The molecule has 0 atom stereocenters. The maximum absolute atomic E-state index is 12.1. The molecule has 1 amide bonds. The molecule has 1 fully saturated rings. The Bertz CT molecular complexity index is 617. The molecule has 0 spiro atoms. The molecule has 0 unspecified atom stereocenters. The Morgan fingerprint density at radius 3 is 2.47 bits per heavy atom. The third kappa shape index (κ3) is 2.92. The Balaban J connectivity index is 2.43. The Morgan fingerprint density at radius 1 is 1.47 bits per heavy atom. The molecule has 2 rings (SSSR count). The predicted molar refractivity (Wildman–Crippen MR) is 70.8 cm³/mol. The first-order chi connectivity index (χ1) is 8.64. The summed E-state index contributed by atoms with van der Waals surface area (Å²) in [5, 5.41) is 9.17. The second-order valence-corrected chi connectivity index (χ2v) is 7.93. The fraction of sp³-hybridized carbons (Fsp3) is 0.636. The number of rotatable bonds is 4. The van der Waals surface area contributed by atoms with E-state index in [4.69, 9.17) is 10.7 Å². The fourth-order valence-corrected chi connectivity index (χ4v) is 3.16. The lowest BCUT2D eigenvalue weighted by Crippen LogP contribution is -2.35. The van der Waals surface area contributed by atoms with E-state index >= 15 is 0 Å². The monoisotopic (exact) mass is 305 g/mol. The SMILES string of the molecule is CC(C)c1[nH]nc(C(=O)NC2(C)CC2)c1S(=O)(=O)Cl. The van der Waals surface area contributed by atoms with Gasteiger partial charge in [-0.1, -0.05) is 13.8 Å². The summed E-state index contributed by atoms with van der Waals surface area (Å²) in [5.41, 5.74) is -0.0607.